The first-order chi connectivity index (χ1) is 9.63. The molecule has 0 spiro atoms. The SMILES string of the molecule is COc1cc(NCc2c(Cl)cccc2OC)nc(C)n1. The van der Waals surface area contributed by atoms with Crippen molar-refractivity contribution in [1.29, 1.82) is 0 Å². The summed E-state index contributed by atoms with van der Waals surface area (Å²) in [5.41, 5.74) is 0.881. The summed E-state index contributed by atoms with van der Waals surface area (Å²) in [6.07, 6.45) is 0. The molecule has 20 heavy (non-hydrogen) atoms. The summed E-state index contributed by atoms with van der Waals surface area (Å²) in [6, 6.07) is 7.28. The van der Waals surface area contributed by atoms with E-state index >= 15 is 0 Å². The molecule has 0 amide bonds. The van der Waals surface area contributed by atoms with Crippen molar-refractivity contribution in [3.63, 3.8) is 0 Å². The van der Waals surface area contributed by atoms with Crippen LogP contribution in [-0.2, 0) is 6.54 Å². The smallest absolute Gasteiger partial charge is 0.218 e. The highest BCUT2D eigenvalue weighted by Gasteiger charge is 2.08. The van der Waals surface area contributed by atoms with Gasteiger partial charge in [0.1, 0.15) is 17.4 Å². The van der Waals surface area contributed by atoms with E-state index in [1.54, 1.807) is 20.3 Å². The molecule has 0 fully saturated rings. The lowest BCUT2D eigenvalue weighted by Gasteiger charge is -2.12. The van der Waals surface area contributed by atoms with Gasteiger partial charge in [0.15, 0.2) is 0 Å². The molecule has 6 heteroatoms. The Morgan fingerprint density at radius 3 is 2.70 bits per heavy atom. The average Bonchev–Trinajstić information content (AvgIpc) is 2.45. The third-order valence-electron chi connectivity index (χ3n) is 2.77. The highest BCUT2D eigenvalue weighted by molar-refractivity contribution is 6.31. The van der Waals surface area contributed by atoms with Gasteiger partial charge >= 0.3 is 0 Å². The number of halogens is 1. The van der Waals surface area contributed by atoms with E-state index < -0.39 is 0 Å². The maximum Gasteiger partial charge on any atom is 0.218 e. The fraction of sp³-hybridized carbons (Fsp3) is 0.286. The summed E-state index contributed by atoms with van der Waals surface area (Å²) in [7, 11) is 3.19. The Bertz CT molecular complexity index is 605. The molecule has 1 N–H and O–H groups in total. The molecule has 0 aliphatic heterocycles. The van der Waals surface area contributed by atoms with Crippen LogP contribution in [0.4, 0.5) is 5.82 Å². The normalized spacial score (nSPS) is 10.2. The van der Waals surface area contributed by atoms with Crippen LogP contribution in [0.25, 0.3) is 0 Å². The van der Waals surface area contributed by atoms with Crippen molar-refractivity contribution in [2.75, 3.05) is 19.5 Å². The molecule has 0 atom stereocenters. The van der Waals surface area contributed by atoms with Crippen molar-refractivity contribution in [3.8, 4) is 11.6 Å². The molecule has 0 aliphatic carbocycles. The zero-order valence-electron chi connectivity index (χ0n) is 11.6. The molecule has 2 aromatic rings. The van der Waals surface area contributed by atoms with Crippen molar-refractivity contribution >= 4 is 17.4 Å². The summed E-state index contributed by atoms with van der Waals surface area (Å²) < 4.78 is 10.4. The van der Waals surface area contributed by atoms with Crippen molar-refractivity contribution in [1.82, 2.24) is 9.97 Å². The van der Waals surface area contributed by atoms with Gasteiger partial charge in [0.2, 0.25) is 5.88 Å². The van der Waals surface area contributed by atoms with Crippen molar-refractivity contribution < 1.29 is 9.47 Å². The Hall–Kier alpha value is -2.01. The molecule has 0 unspecified atom stereocenters. The van der Waals surface area contributed by atoms with Gasteiger partial charge in [0.05, 0.1) is 14.2 Å². The fourth-order valence-electron chi connectivity index (χ4n) is 1.82. The van der Waals surface area contributed by atoms with Crippen LogP contribution in [0.5, 0.6) is 11.6 Å². The minimum absolute atomic E-state index is 0.502. The van der Waals surface area contributed by atoms with E-state index in [4.69, 9.17) is 21.1 Å². The van der Waals surface area contributed by atoms with E-state index in [-0.39, 0.29) is 0 Å². The third kappa shape index (κ3) is 3.30. The fourth-order valence-corrected chi connectivity index (χ4v) is 2.05. The van der Waals surface area contributed by atoms with Gasteiger partial charge in [-0.25, -0.2) is 4.98 Å². The predicted molar refractivity (Wildman–Crippen MR) is 78.7 cm³/mol. The lowest BCUT2D eigenvalue weighted by atomic mass is 10.2. The van der Waals surface area contributed by atoms with Crippen LogP contribution >= 0.6 is 11.6 Å². The van der Waals surface area contributed by atoms with Gasteiger partial charge < -0.3 is 14.8 Å². The molecule has 5 nitrogen and oxygen atoms in total. The summed E-state index contributed by atoms with van der Waals surface area (Å²) in [5.74, 6) is 2.57. The van der Waals surface area contributed by atoms with E-state index in [1.807, 2.05) is 25.1 Å². The Labute approximate surface area is 122 Å². The number of anilines is 1. The highest BCUT2D eigenvalue weighted by Crippen LogP contribution is 2.27. The Kier molecular flexibility index (Phi) is 4.63. The van der Waals surface area contributed by atoms with E-state index in [2.05, 4.69) is 15.3 Å². The van der Waals surface area contributed by atoms with E-state index in [9.17, 15) is 0 Å². The Morgan fingerprint density at radius 1 is 1.20 bits per heavy atom. The number of methoxy groups -OCH3 is 2. The van der Waals surface area contributed by atoms with E-state index in [0.29, 0.717) is 29.1 Å². The first-order valence-electron chi connectivity index (χ1n) is 6.09. The second kappa shape index (κ2) is 6.43. The van der Waals surface area contributed by atoms with Gasteiger partial charge in [-0.15, -0.1) is 0 Å². The van der Waals surface area contributed by atoms with Crippen LogP contribution in [0.15, 0.2) is 24.3 Å². The number of nitrogens with one attached hydrogen (secondary N) is 1. The monoisotopic (exact) mass is 293 g/mol. The first-order valence-corrected chi connectivity index (χ1v) is 6.46. The van der Waals surface area contributed by atoms with Crippen LogP contribution in [0.1, 0.15) is 11.4 Å². The summed E-state index contributed by atoms with van der Waals surface area (Å²) in [5, 5.41) is 3.84. The van der Waals surface area contributed by atoms with Crippen LogP contribution < -0.4 is 14.8 Å². The third-order valence-corrected chi connectivity index (χ3v) is 3.12. The Morgan fingerprint density at radius 2 is 2.00 bits per heavy atom. The van der Waals surface area contributed by atoms with Gasteiger partial charge in [0, 0.05) is 23.2 Å². The van der Waals surface area contributed by atoms with Crippen LogP contribution in [0.3, 0.4) is 0 Å². The van der Waals surface area contributed by atoms with Gasteiger partial charge in [0.25, 0.3) is 0 Å². The lowest BCUT2D eigenvalue weighted by Crippen LogP contribution is -2.05. The maximum atomic E-state index is 6.19. The number of ether oxygens (including phenoxy) is 2. The van der Waals surface area contributed by atoms with Crippen LogP contribution in [-0.4, -0.2) is 24.2 Å². The van der Waals surface area contributed by atoms with Gasteiger partial charge in [-0.3, -0.25) is 0 Å². The van der Waals surface area contributed by atoms with Gasteiger partial charge in [-0.2, -0.15) is 4.98 Å². The Balaban J connectivity index is 2.19. The summed E-state index contributed by atoms with van der Waals surface area (Å²) in [6.45, 7) is 2.31. The molecule has 0 bridgehead atoms. The second-order valence-electron chi connectivity index (χ2n) is 4.12. The number of nitrogens with zero attached hydrogens (tertiary/aromatic N) is 2. The molecular weight excluding hydrogens is 278 g/mol. The van der Waals surface area contributed by atoms with E-state index in [1.165, 1.54) is 0 Å². The number of aromatic nitrogens is 2. The molecule has 0 saturated heterocycles. The molecule has 2 rings (SSSR count). The zero-order valence-corrected chi connectivity index (χ0v) is 12.4. The van der Waals surface area contributed by atoms with Crippen molar-refractivity contribution in [2.45, 2.75) is 13.5 Å². The molecule has 106 valence electrons. The average molecular weight is 294 g/mol. The molecule has 1 aromatic heterocycles. The topological polar surface area (TPSA) is 56.3 Å². The maximum absolute atomic E-state index is 6.19. The lowest BCUT2D eigenvalue weighted by molar-refractivity contribution is 0.396. The quantitative estimate of drug-likeness (QED) is 0.918. The molecule has 0 radical (unpaired) electrons. The number of benzene rings is 1. The zero-order chi connectivity index (χ0) is 14.5. The minimum atomic E-state index is 0.502. The summed E-state index contributed by atoms with van der Waals surface area (Å²) in [4.78, 5) is 8.43. The van der Waals surface area contributed by atoms with E-state index in [0.717, 1.165) is 11.3 Å². The van der Waals surface area contributed by atoms with Crippen molar-refractivity contribution in [3.05, 3.63) is 40.7 Å². The number of hydrogen-bond acceptors (Lipinski definition) is 5. The second-order valence-corrected chi connectivity index (χ2v) is 4.52. The minimum Gasteiger partial charge on any atom is -0.496 e. The van der Waals surface area contributed by atoms with Gasteiger partial charge in [-0.05, 0) is 19.1 Å². The molecule has 0 aliphatic rings. The summed E-state index contributed by atoms with van der Waals surface area (Å²) >= 11 is 6.19. The van der Waals surface area contributed by atoms with Gasteiger partial charge in [-0.1, -0.05) is 17.7 Å². The number of hydrogen-bond donors (Lipinski definition) is 1. The number of rotatable bonds is 5. The molecule has 1 aromatic carbocycles. The van der Waals surface area contributed by atoms with Crippen LogP contribution in [0, 0.1) is 6.92 Å². The molecular formula is C14H16ClN3O2. The first kappa shape index (κ1) is 14.4. The largest absolute Gasteiger partial charge is 0.496 e. The molecule has 1 heterocycles. The van der Waals surface area contributed by atoms with Crippen LogP contribution in [0.2, 0.25) is 5.02 Å². The number of aryl methyl sites for hydroxylation is 1. The predicted octanol–water partition coefficient (Wildman–Crippen LogP) is 3.07. The molecule has 0 saturated carbocycles. The van der Waals surface area contributed by atoms with Crippen molar-refractivity contribution in [2.24, 2.45) is 0 Å². The standard InChI is InChI=1S/C14H16ClN3O2/c1-9-17-13(7-14(18-9)20-3)16-8-10-11(15)5-4-6-12(10)19-2/h4-7H,8H2,1-3H3,(H,16,17,18). The highest BCUT2D eigenvalue weighted by atomic mass is 35.5.